The summed E-state index contributed by atoms with van der Waals surface area (Å²) < 4.78 is 0. The van der Waals surface area contributed by atoms with Gasteiger partial charge in [-0.2, -0.15) is 5.26 Å². The van der Waals surface area contributed by atoms with Gasteiger partial charge in [-0.15, -0.1) is 0 Å². The molecule has 0 bridgehead atoms. The SMILES string of the molecule is N#CCN(Cc1ccccc1)C(=O)c1ccc2c([N+](=O)[O-])cc([N+](=O)[O-])c(O)c2n1. The first-order valence-corrected chi connectivity index (χ1v) is 8.49. The van der Waals surface area contributed by atoms with Crippen LogP contribution in [0.3, 0.4) is 0 Å². The van der Waals surface area contributed by atoms with Crippen molar-refractivity contribution in [3.05, 3.63) is 80.0 Å². The first-order valence-electron chi connectivity index (χ1n) is 8.49. The van der Waals surface area contributed by atoms with E-state index in [1.807, 2.05) is 6.07 Å². The van der Waals surface area contributed by atoms with Crippen LogP contribution in [-0.2, 0) is 6.54 Å². The normalized spacial score (nSPS) is 10.4. The van der Waals surface area contributed by atoms with Crippen molar-refractivity contribution in [3.63, 3.8) is 0 Å². The molecule has 1 aromatic heterocycles. The van der Waals surface area contributed by atoms with E-state index in [9.17, 15) is 30.1 Å². The van der Waals surface area contributed by atoms with Gasteiger partial charge in [0.05, 0.1) is 27.4 Å². The lowest BCUT2D eigenvalue weighted by Crippen LogP contribution is -2.31. The number of aromatic hydroxyl groups is 1. The van der Waals surface area contributed by atoms with E-state index in [1.165, 1.54) is 17.0 Å². The fourth-order valence-electron chi connectivity index (χ4n) is 2.90. The number of carbonyl (C=O) groups is 1. The van der Waals surface area contributed by atoms with E-state index in [4.69, 9.17) is 5.26 Å². The number of phenolic OH excluding ortho intramolecular Hbond substituents is 1. The molecule has 30 heavy (non-hydrogen) atoms. The maximum Gasteiger partial charge on any atom is 0.319 e. The number of carbonyl (C=O) groups excluding carboxylic acids is 1. The van der Waals surface area contributed by atoms with Gasteiger partial charge in [-0.3, -0.25) is 25.0 Å². The summed E-state index contributed by atoms with van der Waals surface area (Å²) in [5.74, 6) is -1.55. The molecule has 2 aromatic carbocycles. The summed E-state index contributed by atoms with van der Waals surface area (Å²) >= 11 is 0. The van der Waals surface area contributed by atoms with Crippen LogP contribution in [0.25, 0.3) is 10.9 Å². The first kappa shape index (κ1) is 20.2. The van der Waals surface area contributed by atoms with Crippen molar-refractivity contribution in [1.82, 2.24) is 9.88 Å². The number of nitrogens with zero attached hydrogens (tertiary/aromatic N) is 5. The molecule has 1 amide bonds. The average molecular weight is 407 g/mol. The molecule has 0 aliphatic rings. The van der Waals surface area contributed by atoms with Gasteiger partial charge in [-0.05, 0) is 17.7 Å². The molecule has 0 saturated heterocycles. The van der Waals surface area contributed by atoms with Gasteiger partial charge in [0.25, 0.3) is 11.6 Å². The molecule has 3 rings (SSSR count). The predicted molar refractivity (Wildman–Crippen MR) is 104 cm³/mol. The van der Waals surface area contributed by atoms with E-state index in [1.54, 1.807) is 30.3 Å². The van der Waals surface area contributed by atoms with Crippen LogP contribution in [-0.4, -0.2) is 37.3 Å². The minimum atomic E-state index is -0.977. The summed E-state index contributed by atoms with van der Waals surface area (Å²) in [6.07, 6.45) is 0. The van der Waals surface area contributed by atoms with Crippen LogP contribution in [0.5, 0.6) is 5.75 Å². The number of rotatable bonds is 6. The lowest BCUT2D eigenvalue weighted by molar-refractivity contribution is -0.393. The van der Waals surface area contributed by atoms with Crippen molar-refractivity contribution in [2.45, 2.75) is 6.54 Å². The number of nitro groups is 2. The van der Waals surface area contributed by atoms with Crippen LogP contribution in [0.1, 0.15) is 16.1 Å². The van der Waals surface area contributed by atoms with Crippen LogP contribution in [0.15, 0.2) is 48.5 Å². The Morgan fingerprint density at radius 2 is 1.77 bits per heavy atom. The van der Waals surface area contributed by atoms with Crippen LogP contribution in [0.2, 0.25) is 0 Å². The first-order chi connectivity index (χ1) is 14.3. The number of benzene rings is 2. The molecule has 0 saturated carbocycles. The zero-order valence-electron chi connectivity index (χ0n) is 15.3. The zero-order valence-corrected chi connectivity index (χ0v) is 15.3. The Balaban J connectivity index is 2.09. The number of non-ortho nitro benzene ring substituents is 1. The van der Waals surface area contributed by atoms with E-state index >= 15 is 0 Å². The number of hydrogen-bond acceptors (Lipinski definition) is 8. The summed E-state index contributed by atoms with van der Waals surface area (Å²) in [5, 5.41) is 41.5. The molecule has 150 valence electrons. The van der Waals surface area contributed by atoms with Crippen LogP contribution < -0.4 is 0 Å². The number of nitriles is 1. The van der Waals surface area contributed by atoms with E-state index in [0.29, 0.717) is 6.07 Å². The number of hydrogen-bond donors (Lipinski definition) is 1. The number of fused-ring (bicyclic) bond motifs is 1. The Bertz CT molecular complexity index is 1210. The standard InChI is InChI=1S/C19H13N5O6/c20-8-9-22(11-12-4-2-1-3-5-12)19(26)14-7-6-13-15(23(27)28)10-16(24(29)30)18(25)17(13)21-14/h1-7,10,25H,9,11H2. The Kier molecular flexibility index (Phi) is 5.50. The molecule has 1 N–H and O–H groups in total. The summed E-state index contributed by atoms with van der Waals surface area (Å²) in [6, 6.07) is 13.8. The van der Waals surface area contributed by atoms with Gasteiger partial charge in [0.15, 0.2) is 0 Å². The fraction of sp³-hybridized carbons (Fsp3) is 0.105. The van der Waals surface area contributed by atoms with Crippen molar-refractivity contribution < 1.29 is 19.7 Å². The minimum absolute atomic E-state index is 0.105. The quantitative estimate of drug-likeness (QED) is 0.370. The van der Waals surface area contributed by atoms with Crippen LogP contribution in [0.4, 0.5) is 11.4 Å². The molecule has 1 heterocycles. The maximum atomic E-state index is 12.9. The average Bonchev–Trinajstić information content (AvgIpc) is 2.73. The van der Waals surface area contributed by atoms with Gasteiger partial charge >= 0.3 is 5.69 Å². The highest BCUT2D eigenvalue weighted by atomic mass is 16.6. The largest absolute Gasteiger partial charge is 0.501 e. The Labute approximate surface area is 168 Å². The highest BCUT2D eigenvalue weighted by Gasteiger charge is 2.28. The summed E-state index contributed by atoms with van der Waals surface area (Å²) in [7, 11) is 0. The molecule has 11 nitrogen and oxygen atoms in total. The van der Waals surface area contributed by atoms with Gasteiger partial charge < -0.3 is 10.0 Å². The van der Waals surface area contributed by atoms with E-state index in [0.717, 1.165) is 5.56 Å². The van der Waals surface area contributed by atoms with Crippen LogP contribution in [0, 0.1) is 31.6 Å². The third kappa shape index (κ3) is 3.83. The van der Waals surface area contributed by atoms with Gasteiger partial charge in [-0.25, -0.2) is 4.98 Å². The molecule has 0 atom stereocenters. The summed E-state index contributed by atoms with van der Waals surface area (Å²) in [6.45, 7) is -0.150. The molecule has 0 unspecified atom stereocenters. The van der Waals surface area contributed by atoms with Crippen molar-refractivity contribution in [1.29, 1.82) is 5.26 Å². The van der Waals surface area contributed by atoms with E-state index < -0.39 is 38.4 Å². The van der Waals surface area contributed by atoms with Gasteiger partial charge in [-0.1, -0.05) is 30.3 Å². The highest BCUT2D eigenvalue weighted by molar-refractivity contribution is 6.00. The monoisotopic (exact) mass is 407 g/mol. The van der Waals surface area contributed by atoms with Gasteiger partial charge in [0, 0.05) is 6.54 Å². The van der Waals surface area contributed by atoms with Gasteiger partial charge in [0.2, 0.25) is 5.75 Å². The van der Waals surface area contributed by atoms with Crippen molar-refractivity contribution in [2.24, 2.45) is 0 Å². The number of amides is 1. The summed E-state index contributed by atoms with van der Waals surface area (Å²) in [5.41, 5.74) is -1.43. The third-order valence-corrected chi connectivity index (χ3v) is 4.29. The van der Waals surface area contributed by atoms with Crippen molar-refractivity contribution in [2.75, 3.05) is 6.54 Å². The topological polar surface area (TPSA) is 164 Å². The van der Waals surface area contributed by atoms with Crippen molar-refractivity contribution in [3.8, 4) is 11.8 Å². The van der Waals surface area contributed by atoms with E-state index in [-0.39, 0.29) is 24.2 Å². The lowest BCUT2D eigenvalue weighted by Gasteiger charge is -2.19. The Morgan fingerprint density at radius 3 is 2.37 bits per heavy atom. The predicted octanol–water partition coefficient (Wildman–Crippen LogP) is 2.92. The molecule has 0 radical (unpaired) electrons. The number of aromatic nitrogens is 1. The second kappa shape index (κ2) is 8.19. The van der Waals surface area contributed by atoms with E-state index in [2.05, 4.69) is 4.98 Å². The summed E-state index contributed by atoms with van der Waals surface area (Å²) in [4.78, 5) is 38.6. The van der Waals surface area contributed by atoms with Gasteiger partial charge in [0.1, 0.15) is 17.8 Å². The lowest BCUT2D eigenvalue weighted by atomic mass is 10.1. The molecule has 0 aliphatic carbocycles. The number of nitro benzene ring substituents is 2. The maximum absolute atomic E-state index is 12.9. The molecular weight excluding hydrogens is 394 g/mol. The van der Waals surface area contributed by atoms with Crippen molar-refractivity contribution >= 4 is 28.2 Å². The minimum Gasteiger partial charge on any atom is -0.501 e. The molecule has 0 aliphatic heterocycles. The molecule has 3 aromatic rings. The van der Waals surface area contributed by atoms with Crippen LogP contribution >= 0.6 is 0 Å². The molecule has 0 spiro atoms. The second-order valence-electron chi connectivity index (χ2n) is 6.18. The third-order valence-electron chi connectivity index (χ3n) is 4.29. The second-order valence-corrected chi connectivity index (χ2v) is 6.18. The molecule has 11 heteroatoms. The highest BCUT2D eigenvalue weighted by Crippen LogP contribution is 2.39. The zero-order chi connectivity index (χ0) is 21.8. The number of phenols is 1. The molecule has 0 fully saturated rings. The fourth-order valence-corrected chi connectivity index (χ4v) is 2.90. The Morgan fingerprint density at radius 1 is 1.10 bits per heavy atom. The number of pyridine rings is 1. The molecular formula is C19H13N5O6. The Hall–Kier alpha value is -4.59. The smallest absolute Gasteiger partial charge is 0.319 e.